The molecule has 1 rings (SSSR count). The second-order valence-electron chi connectivity index (χ2n) is 3.33. The van der Waals surface area contributed by atoms with Crippen LogP contribution in [0.5, 0.6) is 0 Å². The summed E-state index contributed by atoms with van der Waals surface area (Å²) in [6.07, 6.45) is 1.90. The van der Waals surface area contributed by atoms with E-state index in [-0.39, 0.29) is 17.7 Å². The number of nitrogens with one attached hydrogen (secondary N) is 1. The quantitative estimate of drug-likeness (QED) is 0.817. The van der Waals surface area contributed by atoms with Gasteiger partial charge >= 0.3 is 5.97 Å². The number of carbonyl (C=O) groups is 1. The second kappa shape index (κ2) is 5.86. The minimum atomic E-state index is -1.04. The van der Waals surface area contributed by atoms with E-state index in [1.54, 1.807) is 19.9 Å². The van der Waals surface area contributed by atoms with Crippen molar-refractivity contribution in [1.29, 1.82) is 0 Å². The summed E-state index contributed by atoms with van der Waals surface area (Å²) in [5.41, 5.74) is -1.04. The molecule has 90 valence electrons. The van der Waals surface area contributed by atoms with Crippen LogP contribution in [-0.4, -0.2) is 26.6 Å². The van der Waals surface area contributed by atoms with Gasteiger partial charge in [0, 0.05) is 6.20 Å². The molecular weight excluding hydrogens is 253 g/mol. The Hall–Kier alpha value is -1.07. The molecule has 7 heteroatoms. The van der Waals surface area contributed by atoms with Crippen LogP contribution in [0.4, 0.5) is 5.82 Å². The Bertz CT molecular complexity index is 376. The van der Waals surface area contributed by atoms with E-state index in [1.807, 2.05) is 0 Å². The van der Waals surface area contributed by atoms with Crippen molar-refractivity contribution in [2.45, 2.75) is 25.8 Å². The molecule has 1 atom stereocenters. The molecule has 16 heavy (non-hydrogen) atoms. The van der Waals surface area contributed by atoms with Gasteiger partial charge in [-0.25, -0.2) is 14.8 Å². The molecule has 0 radical (unpaired) electrons. The number of carboxylic acid groups (broad SMARTS) is 1. The summed E-state index contributed by atoms with van der Waals surface area (Å²) in [7, 11) is 0. The lowest BCUT2D eigenvalue weighted by molar-refractivity contribution is -0.141. The van der Waals surface area contributed by atoms with Gasteiger partial charge in [-0.3, -0.25) is 0 Å². The lowest BCUT2D eigenvalue weighted by Crippen LogP contribution is -2.42. The third kappa shape index (κ3) is 3.50. The fourth-order valence-corrected chi connectivity index (χ4v) is 1.13. The Kier molecular flexibility index (Phi) is 5.47. The van der Waals surface area contributed by atoms with E-state index in [0.29, 0.717) is 12.2 Å². The Morgan fingerprint density at radius 2 is 2.31 bits per heavy atom. The summed E-state index contributed by atoms with van der Waals surface area (Å²) in [5, 5.41) is 11.9. The van der Waals surface area contributed by atoms with Crippen molar-refractivity contribution in [3.63, 3.8) is 0 Å². The molecule has 1 aromatic heterocycles. The minimum absolute atomic E-state index is 0. The van der Waals surface area contributed by atoms with E-state index in [4.69, 9.17) is 16.7 Å². The monoisotopic (exact) mass is 265 g/mol. The van der Waals surface area contributed by atoms with E-state index < -0.39 is 11.5 Å². The predicted octanol–water partition coefficient (Wildman–Crippen LogP) is 2.22. The summed E-state index contributed by atoms with van der Waals surface area (Å²) < 4.78 is 0. The number of anilines is 1. The van der Waals surface area contributed by atoms with E-state index in [2.05, 4.69) is 15.3 Å². The van der Waals surface area contributed by atoms with Gasteiger partial charge in [-0.2, -0.15) is 0 Å². The van der Waals surface area contributed by atoms with Crippen LogP contribution in [0.25, 0.3) is 0 Å². The summed E-state index contributed by atoms with van der Waals surface area (Å²) in [6, 6.07) is 1.57. The molecule has 0 aliphatic heterocycles. The normalized spacial score (nSPS) is 13.4. The second-order valence-corrected chi connectivity index (χ2v) is 3.66. The van der Waals surface area contributed by atoms with Crippen LogP contribution < -0.4 is 5.32 Å². The van der Waals surface area contributed by atoms with Gasteiger partial charge in [0.1, 0.15) is 11.4 Å². The van der Waals surface area contributed by atoms with Crippen molar-refractivity contribution in [3.05, 3.63) is 17.5 Å². The first-order valence-corrected chi connectivity index (χ1v) is 4.86. The third-order valence-corrected chi connectivity index (χ3v) is 2.39. The molecule has 5 nitrogen and oxygen atoms in total. The summed E-state index contributed by atoms with van der Waals surface area (Å²) >= 11 is 5.59. The zero-order valence-corrected chi connectivity index (χ0v) is 10.5. The molecular formula is C9H13Cl2N3O2. The maximum absolute atomic E-state index is 11.0. The SMILES string of the molecule is CC[C@@](C)(Nc1ccnc(Cl)n1)C(=O)O.Cl. The molecule has 0 aliphatic carbocycles. The lowest BCUT2D eigenvalue weighted by atomic mass is 9.99. The summed E-state index contributed by atoms with van der Waals surface area (Å²) in [6.45, 7) is 3.37. The zero-order valence-electron chi connectivity index (χ0n) is 8.90. The number of halogens is 2. The average Bonchev–Trinajstić information content (AvgIpc) is 2.17. The molecule has 0 aliphatic rings. The van der Waals surface area contributed by atoms with Crippen molar-refractivity contribution >= 4 is 35.8 Å². The molecule has 0 saturated heterocycles. The van der Waals surface area contributed by atoms with Crippen LogP contribution >= 0.6 is 24.0 Å². The van der Waals surface area contributed by atoms with Crippen LogP contribution in [0.1, 0.15) is 20.3 Å². The van der Waals surface area contributed by atoms with Gasteiger partial charge in [-0.1, -0.05) is 6.92 Å². The zero-order chi connectivity index (χ0) is 11.5. The molecule has 0 spiro atoms. The number of rotatable bonds is 4. The van der Waals surface area contributed by atoms with Gasteiger partial charge in [0.15, 0.2) is 0 Å². The highest BCUT2D eigenvalue weighted by atomic mass is 35.5. The van der Waals surface area contributed by atoms with E-state index in [9.17, 15) is 4.79 Å². The summed E-state index contributed by atoms with van der Waals surface area (Å²) in [5.74, 6) is -0.526. The number of hydrogen-bond acceptors (Lipinski definition) is 4. The standard InChI is InChI=1S/C9H12ClN3O2.ClH/c1-3-9(2,7(14)15)13-6-4-5-11-8(10)12-6;/h4-5H,3H2,1-2H3,(H,14,15)(H,11,12,13);1H/t9-;/m1./s1. The van der Waals surface area contributed by atoms with Gasteiger partial charge < -0.3 is 10.4 Å². The Morgan fingerprint density at radius 3 is 2.75 bits per heavy atom. The highest BCUT2D eigenvalue weighted by molar-refractivity contribution is 6.28. The topological polar surface area (TPSA) is 75.1 Å². The first-order chi connectivity index (χ1) is 6.98. The summed E-state index contributed by atoms with van der Waals surface area (Å²) in [4.78, 5) is 18.6. The molecule has 0 saturated carbocycles. The number of hydrogen-bond donors (Lipinski definition) is 2. The van der Waals surface area contributed by atoms with Gasteiger partial charge in [0.05, 0.1) is 0 Å². The maximum Gasteiger partial charge on any atom is 0.329 e. The van der Waals surface area contributed by atoms with E-state index >= 15 is 0 Å². The molecule has 0 aromatic carbocycles. The first-order valence-electron chi connectivity index (χ1n) is 4.48. The average molecular weight is 266 g/mol. The van der Waals surface area contributed by atoms with Gasteiger partial charge in [-0.15, -0.1) is 12.4 Å². The van der Waals surface area contributed by atoms with Crippen LogP contribution in [0.15, 0.2) is 12.3 Å². The smallest absolute Gasteiger partial charge is 0.329 e. The fraction of sp³-hybridized carbons (Fsp3) is 0.444. The van der Waals surface area contributed by atoms with Crippen LogP contribution in [0, 0.1) is 0 Å². The number of aromatic nitrogens is 2. The van der Waals surface area contributed by atoms with Crippen molar-refractivity contribution < 1.29 is 9.90 Å². The third-order valence-electron chi connectivity index (χ3n) is 2.21. The highest BCUT2D eigenvalue weighted by Crippen LogP contribution is 2.17. The van der Waals surface area contributed by atoms with Gasteiger partial charge in [0.2, 0.25) is 5.28 Å². The highest BCUT2D eigenvalue weighted by Gasteiger charge is 2.31. The van der Waals surface area contributed by atoms with Crippen LogP contribution in [0.3, 0.4) is 0 Å². The van der Waals surface area contributed by atoms with Crippen molar-refractivity contribution in [3.8, 4) is 0 Å². The van der Waals surface area contributed by atoms with Gasteiger partial charge in [0.25, 0.3) is 0 Å². The number of carboxylic acids is 1. The fourth-order valence-electron chi connectivity index (χ4n) is 0.980. The Labute approximate surface area is 105 Å². The predicted molar refractivity (Wildman–Crippen MR) is 64.2 cm³/mol. The molecule has 0 amide bonds. The molecule has 0 unspecified atom stereocenters. The molecule has 2 N–H and O–H groups in total. The maximum atomic E-state index is 11.0. The van der Waals surface area contributed by atoms with E-state index in [1.165, 1.54) is 6.20 Å². The van der Waals surface area contributed by atoms with Crippen molar-refractivity contribution in [2.24, 2.45) is 0 Å². The minimum Gasteiger partial charge on any atom is -0.480 e. The first kappa shape index (κ1) is 14.9. The van der Waals surface area contributed by atoms with Crippen LogP contribution in [-0.2, 0) is 4.79 Å². The Balaban J connectivity index is 0.00000225. The largest absolute Gasteiger partial charge is 0.480 e. The number of aliphatic carboxylic acids is 1. The van der Waals surface area contributed by atoms with Crippen molar-refractivity contribution in [2.75, 3.05) is 5.32 Å². The lowest BCUT2D eigenvalue weighted by Gasteiger charge is -2.24. The molecule has 0 bridgehead atoms. The van der Waals surface area contributed by atoms with Crippen molar-refractivity contribution in [1.82, 2.24) is 9.97 Å². The van der Waals surface area contributed by atoms with E-state index in [0.717, 1.165) is 0 Å². The Morgan fingerprint density at radius 1 is 1.69 bits per heavy atom. The molecule has 0 fully saturated rings. The van der Waals surface area contributed by atoms with Gasteiger partial charge in [-0.05, 0) is 31.0 Å². The van der Waals surface area contributed by atoms with Crippen LogP contribution in [0.2, 0.25) is 5.28 Å². The number of nitrogens with zero attached hydrogens (tertiary/aromatic N) is 2. The molecule has 1 heterocycles. The molecule has 1 aromatic rings.